The molecular formula is C12H20O3. The lowest BCUT2D eigenvalue weighted by atomic mass is 9.60. The van der Waals surface area contributed by atoms with Crippen LogP contribution in [0.25, 0.3) is 0 Å². The third kappa shape index (κ3) is 1.81. The van der Waals surface area contributed by atoms with Gasteiger partial charge in [-0.15, -0.1) is 0 Å². The van der Waals surface area contributed by atoms with E-state index in [0.29, 0.717) is 6.42 Å². The molecule has 0 radical (unpaired) electrons. The average molecular weight is 212 g/mol. The number of aliphatic hydroxyl groups excluding tert-OH is 1. The summed E-state index contributed by atoms with van der Waals surface area (Å²) in [6.07, 6.45) is 2.56. The summed E-state index contributed by atoms with van der Waals surface area (Å²) in [7, 11) is 1.36. The Morgan fingerprint density at radius 2 is 2.13 bits per heavy atom. The van der Waals surface area contributed by atoms with Crippen molar-refractivity contribution in [3.05, 3.63) is 12.2 Å². The first-order valence-corrected chi connectivity index (χ1v) is 5.30. The summed E-state index contributed by atoms with van der Waals surface area (Å²) in [4.78, 5) is 11.8. The van der Waals surface area contributed by atoms with Crippen molar-refractivity contribution < 1.29 is 14.6 Å². The molecule has 1 fully saturated rings. The SMILES string of the molecule is C=C1C(C)(C)CCC[C@@]1(CO)C(=O)OC. The van der Waals surface area contributed by atoms with Crippen LogP contribution < -0.4 is 0 Å². The van der Waals surface area contributed by atoms with E-state index in [0.717, 1.165) is 18.4 Å². The molecule has 0 aromatic carbocycles. The molecule has 0 bridgehead atoms. The van der Waals surface area contributed by atoms with E-state index in [-0.39, 0.29) is 18.0 Å². The van der Waals surface area contributed by atoms with Gasteiger partial charge in [-0.2, -0.15) is 0 Å². The van der Waals surface area contributed by atoms with Crippen LogP contribution in [0.3, 0.4) is 0 Å². The van der Waals surface area contributed by atoms with Gasteiger partial charge in [0, 0.05) is 0 Å². The molecular weight excluding hydrogens is 192 g/mol. The van der Waals surface area contributed by atoms with Crippen LogP contribution in [-0.4, -0.2) is 24.8 Å². The first kappa shape index (κ1) is 12.2. The first-order chi connectivity index (χ1) is 6.90. The van der Waals surface area contributed by atoms with Gasteiger partial charge in [0.05, 0.1) is 13.7 Å². The van der Waals surface area contributed by atoms with Gasteiger partial charge in [0.25, 0.3) is 0 Å². The maximum Gasteiger partial charge on any atom is 0.318 e. The predicted octanol–water partition coefficient (Wildman–Crippen LogP) is 1.90. The van der Waals surface area contributed by atoms with E-state index in [4.69, 9.17) is 4.74 Å². The lowest BCUT2D eigenvalue weighted by Crippen LogP contribution is -2.45. The zero-order chi connectivity index (χ0) is 11.7. The van der Waals surface area contributed by atoms with Crippen LogP contribution in [-0.2, 0) is 9.53 Å². The molecule has 3 heteroatoms. The molecule has 0 spiro atoms. The molecule has 0 saturated heterocycles. The van der Waals surface area contributed by atoms with Gasteiger partial charge in [-0.05, 0) is 18.3 Å². The number of aliphatic hydroxyl groups is 1. The Morgan fingerprint density at radius 3 is 2.60 bits per heavy atom. The molecule has 0 heterocycles. The van der Waals surface area contributed by atoms with Gasteiger partial charge in [-0.25, -0.2) is 0 Å². The monoisotopic (exact) mass is 212 g/mol. The summed E-state index contributed by atoms with van der Waals surface area (Å²) in [5.74, 6) is -0.359. The number of ether oxygens (including phenoxy) is 1. The summed E-state index contributed by atoms with van der Waals surface area (Å²) in [6.45, 7) is 7.91. The molecule has 1 rings (SSSR count). The Bertz CT molecular complexity index is 281. The summed E-state index contributed by atoms with van der Waals surface area (Å²) in [6, 6.07) is 0. The zero-order valence-electron chi connectivity index (χ0n) is 9.80. The third-order valence-electron chi connectivity index (χ3n) is 3.65. The van der Waals surface area contributed by atoms with Crippen LogP contribution in [0.5, 0.6) is 0 Å². The Balaban J connectivity index is 3.08. The van der Waals surface area contributed by atoms with Crippen molar-refractivity contribution >= 4 is 5.97 Å². The third-order valence-corrected chi connectivity index (χ3v) is 3.65. The van der Waals surface area contributed by atoms with Crippen LogP contribution in [0.15, 0.2) is 12.2 Å². The van der Waals surface area contributed by atoms with Crippen molar-refractivity contribution in [1.29, 1.82) is 0 Å². The maximum atomic E-state index is 11.8. The Morgan fingerprint density at radius 1 is 1.53 bits per heavy atom. The Kier molecular flexibility index (Phi) is 3.24. The van der Waals surface area contributed by atoms with Gasteiger partial charge >= 0.3 is 5.97 Å². The van der Waals surface area contributed by atoms with E-state index < -0.39 is 5.41 Å². The van der Waals surface area contributed by atoms with Crippen molar-refractivity contribution in [2.24, 2.45) is 10.8 Å². The molecule has 1 aliphatic rings. The van der Waals surface area contributed by atoms with E-state index in [1.807, 2.05) is 0 Å². The topological polar surface area (TPSA) is 46.5 Å². The Labute approximate surface area is 91.1 Å². The second-order valence-corrected chi connectivity index (χ2v) is 4.95. The summed E-state index contributed by atoms with van der Waals surface area (Å²) in [5, 5.41) is 9.48. The first-order valence-electron chi connectivity index (χ1n) is 5.30. The fourth-order valence-electron chi connectivity index (χ4n) is 2.44. The molecule has 1 N–H and O–H groups in total. The average Bonchev–Trinajstić information content (AvgIpc) is 2.21. The normalized spacial score (nSPS) is 30.0. The maximum absolute atomic E-state index is 11.8. The molecule has 1 atom stereocenters. The van der Waals surface area contributed by atoms with Crippen molar-refractivity contribution in [2.45, 2.75) is 33.1 Å². The van der Waals surface area contributed by atoms with Crippen LogP contribution in [0.4, 0.5) is 0 Å². The summed E-state index contributed by atoms with van der Waals surface area (Å²) < 4.78 is 4.79. The highest BCUT2D eigenvalue weighted by atomic mass is 16.5. The van der Waals surface area contributed by atoms with Gasteiger partial charge in [-0.1, -0.05) is 32.4 Å². The van der Waals surface area contributed by atoms with E-state index >= 15 is 0 Å². The fraction of sp³-hybridized carbons (Fsp3) is 0.750. The van der Waals surface area contributed by atoms with Crippen LogP contribution in [0, 0.1) is 10.8 Å². The van der Waals surface area contributed by atoms with E-state index in [2.05, 4.69) is 20.4 Å². The van der Waals surface area contributed by atoms with Gasteiger partial charge in [-0.3, -0.25) is 4.79 Å². The highest BCUT2D eigenvalue weighted by molar-refractivity contribution is 5.81. The molecule has 3 nitrogen and oxygen atoms in total. The smallest absolute Gasteiger partial charge is 0.318 e. The van der Waals surface area contributed by atoms with E-state index in [1.54, 1.807) is 0 Å². The van der Waals surface area contributed by atoms with E-state index in [9.17, 15) is 9.90 Å². The molecule has 0 unspecified atom stereocenters. The predicted molar refractivity (Wildman–Crippen MR) is 58.3 cm³/mol. The van der Waals surface area contributed by atoms with Gasteiger partial charge in [0.1, 0.15) is 5.41 Å². The molecule has 1 aliphatic carbocycles. The molecule has 0 aromatic rings. The number of hydrogen-bond acceptors (Lipinski definition) is 3. The van der Waals surface area contributed by atoms with Crippen molar-refractivity contribution in [3.63, 3.8) is 0 Å². The summed E-state index contributed by atoms with van der Waals surface area (Å²) >= 11 is 0. The second kappa shape index (κ2) is 3.97. The molecule has 15 heavy (non-hydrogen) atoms. The van der Waals surface area contributed by atoms with Crippen molar-refractivity contribution in [3.8, 4) is 0 Å². The fourth-order valence-corrected chi connectivity index (χ4v) is 2.44. The molecule has 0 aromatic heterocycles. The molecule has 1 saturated carbocycles. The van der Waals surface area contributed by atoms with Gasteiger partial charge in [0.15, 0.2) is 0 Å². The zero-order valence-corrected chi connectivity index (χ0v) is 9.80. The quantitative estimate of drug-likeness (QED) is 0.561. The lowest BCUT2D eigenvalue weighted by molar-refractivity contribution is -0.155. The van der Waals surface area contributed by atoms with Crippen LogP contribution >= 0.6 is 0 Å². The number of hydrogen-bond donors (Lipinski definition) is 1. The highest BCUT2D eigenvalue weighted by Crippen LogP contribution is 2.50. The molecule has 0 amide bonds. The number of carbonyl (C=O) groups excluding carboxylic acids is 1. The minimum atomic E-state index is -0.878. The van der Waals surface area contributed by atoms with Gasteiger partial charge < -0.3 is 9.84 Å². The van der Waals surface area contributed by atoms with Gasteiger partial charge in [0.2, 0.25) is 0 Å². The molecule has 0 aliphatic heterocycles. The lowest BCUT2D eigenvalue weighted by Gasteiger charge is -2.44. The minimum Gasteiger partial charge on any atom is -0.468 e. The van der Waals surface area contributed by atoms with Crippen molar-refractivity contribution in [1.82, 2.24) is 0 Å². The number of carbonyl (C=O) groups is 1. The highest BCUT2D eigenvalue weighted by Gasteiger charge is 2.49. The number of methoxy groups -OCH3 is 1. The minimum absolute atomic E-state index is 0.102. The standard InChI is InChI=1S/C12H20O3/c1-9-11(2,3)6-5-7-12(9,8-13)10(14)15-4/h13H,1,5-8H2,2-4H3/t12-/m0/s1. The summed E-state index contributed by atoms with van der Waals surface area (Å²) in [5.41, 5.74) is -0.179. The number of rotatable bonds is 2. The van der Waals surface area contributed by atoms with Crippen LogP contribution in [0.2, 0.25) is 0 Å². The van der Waals surface area contributed by atoms with Crippen LogP contribution in [0.1, 0.15) is 33.1 Å². The number of esters is 1. The second-order valence-electron chi connectivity index (χ2n) is 4.95. The molecule has 86 valence electrons. The van der Waals surface area contributed by atoms with Crippen molar-refractivity contribution in [2.75, 3.05) is 13.7 Å². The largest absolute Gasteiger partial charge is 0.468 e. The Hall–Kier alpha value is -0.830. The van der Waals surface area contributed by atoms with E-state index in [1.165, 1.54) is 7.11 Å².